The molecule has 8 heteroatoms. The number of ether oxygens (including phenoxy) is 2. The zero-order chi connectivity index (χ0) is 20.1. The largest absolute Gasteiger partial charge is 0.493 e. The lowest BCUT2D eigenvalue weighted by Crippen LogP contribution is -2.10. The Bertz CT molecular complexity index is 1050. The van der Waals surface area contributed by atoms with Gasteiger partial charge in [0.25, 0.3) is 0 Å². The zero-order valence-electron chi connectivity index (χ0n) is 15.3. The van der Waals surface area contributed by atoms with Crippen molar-refractivity contribution in [1.29, 1.82) is 0 Å². The van der Waals surface area contributed by atoms with Crippen LogP contribution in [0.5, 0.6) is 11.5 Å². The van der Waals surface area contributed by atoms with Gasteiger partial charge in [0.15, 0.2) is 18.1 Å². The molecule has 0 radical (unpaired) electrons. The molecule has 0 fully saturated rings. The molecule has 0 saturated carbocycles. The molecule has 2 N–H and O–H groups in total. The van der Waals surface area contributed by atoms with Gasteiger partial charge in [0.2, 0.25) is 0 Å². The van der Waals surface area contributed by atoms with E-state index in [1.54, 1.807) is 36.5 Å². The van der Waals surface area contributed by atoms with Crippen LogP contribution >= 0.6 is 11.6 Å². The maximum Gasteiger partial charge on any atom is 0.341 e. The van der Waals surface area contributed by atoms with Crippen molar-refractivity contribution >= 4 is 39.9 Å². The first kappa shape index (κ1) is 19.4. The van der Waals surface area contributed by atoms with Crippen molar-refractivity contribution in [2.24, 2.45) is 5.10 Å². The Labute approximate surface area is 166 Å². The van der Waals surface area contributed by atoms with Crippen molar-refractivity contribution in [3.05, 3.63) is 59.2 Å². The third-order valence-electron chi connectivity index (χ3n) is 3.98. The summed E-state index contributed by atoms with van der Waals surface area (Å²) in [5.41, 5.74) is 6.13. The standard InChI is InChI=1S/C20H18ClN3O4/c1-12(13-3-6-18(19(9-13)27-2)28-11-20(25)26)23-24-16-7-8-22-17-10-14(21)4-5-15(16)17/h3-10H,11H2,1-2H3,(H,22,24)(H,25,26)/b23-12-. The van der Waals surface area contributed by atoms with Gasteiger partial charge in [0.1, 0.15) is 0 Å². The van der Waals surface area contributed by atoms with E-state index in [1.807, 2.05) is 19.1 Å². The Hall–Kier alpha value is -3.32. The van der Waals surface area contributed by atoms with Crippen molar-refractivity contribution in [2.45, 2.75) is 6.92 Å². The second-order valence-corrected chi connectivity index (χ2v) is 6.31. The van der Waals surface area contributed by atoms with Crippen LogP contribution in [0.25, 0.3) is 10.9 Å². The molecule has 0 amide bonds. The number of hydrazone groups is 1. The molecular formula is C20H18ClN3O4. The monoisotopic (exact) mass is 399 g/mol. The number of fused-ring (bicyclic) bond motifs is 1. The topological polar surface area (TPSA) is 93.0 Å². The van der Waals surface area contributed by atoms with E-state index in [0.717, 1.165) is 22.2 Å². The normalized spacial score (nSPS) is 11.3. The molecule has 0 aliphatic carbocycles. The van der Waals surface area contributed by atoms with Crippen molar-refractivity contribution < 1.29 is 19.4 Å². The number of carboxylic acid groups (broad SMARTS) is 1. The minimum absolute atomic E-state index is 0.353. The van der Waals surface area contributed by atoms with Gasteiger partial charge in [-0.25, -0.2) is 4.79 Å². The van der Waals surface area contributed by atoms with E-state index in [0.29, 0.717) is 22.2 Å². The molecule has 0 spiro atoms. The summed E-state index contributed by atoms with van der Waals surface area (Å²) >= 11 is 6.02. The number of methoxy groups -OCH3 is 1. The number of nitrogens with zero attached hydrogens (tertiary/aromatic N) is 2. The Morgan fingerprint density at radius 1 is 1.21 bits per heavy atom. The van der Waals surface area contributed by atoms with Crippen LogP contribution in [0.2, 0.25) is 5.02 Å². The Kier molecular flexibility index (Phi) is 5.96. The Morgan fingerprint density at radius 3 is 2.79 bits per heavy atom. The molecule has 7 nitrogen and oxygen atoms in total. The van der Waals surface area contributed by atoms with Crippen LogP contribution in [-0.4, -0.2) is 35.5 Å². The highest BCUT2D eigenvalue weighted by Crippen LogP contribution is 2.29. The van der Waals surface area contributed by atoms with Crippen LogP contribution in [0, 0.1) is 0 Å². The van der Waals surface area contributed by atoms with Gasteiger partial charge in [0.05, 0.1) is 24.0 Å². The third kappa shape index (κ3) is 4.50. The molecular weight excluding hydrogens is 382 g/mol. The fourth-order valence-electron chi connectivity index (χ4n) is 2.58. The summed E-state index contributed by atoms with van der Waals surface area (Å²) < 4.78 is 10.5. The molecule has 3 aromatic rings. The number of pyridine rings is 1. The maximum atomic E-state index is 10.7. The molecule has 0 unspecified atom stereocenters. The van der Waals surface area contributed by atoms with Crippen LogP contribution in [-0.2, 0) is 4.79 Å². The zero-order valence-corrected chi connectivity index (χ0v) is 16.0. The number of aliphatic carboxylic acids is 1. The average Bonchev–Trinajstić information content (AvgIpc) is 2.69. The lowest BCUT2D eigenvalue weighted by molar-refractivity contribution is -0.139. The van der Waals surface area contributed by atoms with E-state index in [4.69, 9.17) is 26.2 Å². The lowest BCUT2D eigenvalue weighted by Gasteiger charge is -2.11. The van der Waals surface area contributed by atoms with Gasteiger partial charge in [-0.3, -0.25) is 10.4 Å². The number of aromatic nitrogens is 1. The summed E-state index contributed by atoms with van der Waals surface area (Å²) in [6.45, 7) is 1.41. The summed E-state index contributed by atoms with van der Waals surface area (Å²) in [7, 11) is 1.49. The summed E-state index contributed by atoms with van der Waals surface area (Å²) in [5, 5.41) is 14.7. The first-order chi connectivity index (χ1) is 13.5. The molecule has 1 heterocycles. The van der Waals surface area contributed by atoms with E-state index in [1.165, 1.54) is 7.11 Å². The number of hydrogen-bond acceptors (Lipinski definition) is 6. The minimum Gasteiger partial charge on any atom is -0.493 e. The van der Waals surface area contributed by atoms with Crippen molar-refractivity contribution in [3.8, 4) is 11.5 Å². The van der Waals surface area contributed by atoms with E-state index in [-0.39, 0.29) is 0 Å². The number of halogens is 1. The molecule has 0 atom stereocenters. The fraction of sp³-hybridized carbons (Fsp3) is 0.150. The molecule has 0 aliphatic heterocycles. The van der Waals surface area contributed by atoms with Gasteiger partial charge < -0.3 is 14.6 Å². The average molecular weight is 400 g/mol. The van der Waals surface area contributed by atoms with Crippen molar-refractivity contribution in [1.82, 2.24) is 4.98 Å². The first-order valence-corrected chi connectivity index (χ1v) is 8.73. The van der Waals surface area contributed by atoms with Gasteiger partial charge >= 0.3 is 5.97 Å². The predicted octanol–water partition coefficient (Wildman–Crippen LogP) is 4.20. The second kappa shape index (κ2) is 8.58. The van der Waals surface area contributed by atoms with Crippen LogP contribution in [0.4, 0.5) is 5.69 Å². The quantitative estimate of drug-likeness (QED) is 0.457. The molecule has 1 aromatic heterocycles. The van der Waals surface area contributed by atoms with E-state index in [9.17, 15) is 4.79 Å². The van der Waals surface area contributed by atoms with Crippen molar-refractivity contribution in [2.75, 3.05) is 19.1 Å². The number of hydrogen-bond donors (Lipinski definition) is 2. The number of benzene rings is 2. The Balaban J connectivity index is 1.83. The highest BCUT2D eigenvalue weighted by Gasteiger charge is 2.10. The summed E-state index contributed by atoms with van der Waals surface area (Å²) in [6, 6.07) is 12.5. The molecule has 28 heavy (non-hydrogen) atoms. The lowest BCUT2D eigenvalue weighted by atomic mass is 10.1. The number of carboxylic acids is 1. The number of carbonyl (C=O) groups is 1. The fourth-order valence-corrected chi connectivity index (χ4v) is 2.75. The van der Waals surface area contributed by atoms with Crippen molar-refractivity contribution in [3.63, 3.8) is 0 Å². The third-order valence-corrected chi connectivity index (χ3v) is 4.22. The highest BCUT2D eigenvalue weighted by molar-refractivity contribution is 6.31. The molecule has 0 aliphatic rings. The summed E-state index contributed by atoms with van der Waals surface area (Å²) in [4.78, 5) is 15.0. The molecule has 144 valence electrons. The highest BCUT2D eigenvalue weighted by atomic mass is 35.5. The SMILES string of the molecule is COc1cc(/C(C)=N\Nc2ccnc3cc(Cl)ccc23)ccc1OCC(=O)O. The maximum absolute atomic E-state index is 10.7. The van der Waals surface area contributed by atoms with Gasteiger partial charge in [-0.2, -0.15) is 5.10 Å². The van der Waals surface area contributed by atoms with E-state index < -0.39 is 12.6 Å². The smallest absolute Gasteiger partial charge is 0.341 e. The van der Waals surface area contributed by atoms with Crippen LogP contribution < -0.4 is 14.9 Å². The second-order valence-electron chi connectivity index (χ2n) is 5.88. The van der Waals surface area contributed by atoms with E-state index in [2.05, 4.69) is 15.5 Å². The number of anilines is 1. The molecule has 0 bridgehead atoms. The summed E-state index contributed by atoms with van der Waals surface area (Å²) in [6.07, 6.45) is 1.68. The van der Waals surface area contributed by atoms with Gasteiger partial charge in [0, 0.05) is 22.2 Å². The van der Waals surface area contributed by atoms with Crippen LogP contribution in [0.15, 0.2) is 53.8 Å². The summed E-state index contributed by atoms with van der Waals surface area (Å²) in [5.74, 6) is -0.275. The first-order valence-electron chi connectivity index (χ1n) is 8.35. The molecule has 3 rings (SSSR count). The predicted molar refractivity (Wildman–Crippen MR) is 109 cm³/mol. The van der Waals surface area contributed by atoms with Gasteiger partial charge in [-0.15, -0.1) is 0 Å². The minimum atomic E-state index is -1.06. The number of rotatable bonds is 7. The molecule has 2 aromatic carbocycles. The van der Waals surface area contributed by atoms with Crippen LogP contribution in [0.1, 0.15) is 12.5 Å². The number of nitrogens with one attached hydrogen (secondary N) is 1. The molecule has 0 saturated heterocycles. The van der Waals surface area contributed by atoms with Crippen LogP contribution in [0.3, 0.4) is 0 Å². The Morgan fingerprint density at radius 2 is 2.04 bits per heavy atom. The van der Waals surface area contributed by atoms with Gasteiger partial charge in [-0.05, 0) is 49.4 Å². The van der Waals surface area contributed by atoms with E-state index >= 15 is 0 Å². The van der Waals surface area contributed by atoms with Gasteiger partial charge in [-0.1, -0.05) is 11.6 Å².